The molecule has 0 spiro atoms. The third-order valence-corrected chi connectivity index (χ3v) is 3.70. The maximum Gasteiger partial charge on any atom is 0.306 e. The molecule has 1 aromatic rings. The van der Waals surface area contributed by atoms with E-state index in [1.807, 2.05) is 6.92 Å². The third kappa shape index (κ3) is 3.00. The average molecular weight is 267 g/mol. The smallest absolute Gasteiger partial charge is 0.306 e. The second kappa shape index (κ2) is 5.95. The molecule has 0 radical (unpaired) electrons. The van der Waals surface area contributed by atoms with Crippen LogP contribution in [0.25, 0.3) is 0 Å². The molecular formula is C13H18FN3O2. The highest BCUT2D eigenvalue weighted by Gasteiger charge is 2.32. The molecular weight excluding hydrogens is 249 g/mol. The van der Waals surface area contributed by atoms with E-state index in [4.69, 9.17) is 5.11 Å². The molecule has 104 valence electrons. The van der Waals surface area contributed by atoms with Gasteiger partial charge in [0.2, 0.25) is 0 Å². The van der Waals surface area contributed by atoms with Crippen molar-refractivity contribution in [2.75, 3.05) is 11.9 Å². The Morgan fingerprint density at radius 3 is 3.00 bits per heavy atom. The lowest BCUT2D eigenvalue weighted by Crippen LogP contribution is -2.25. The van der Waals surface area contributed by atoms with Gasteiger partial charge >= 0.3 is 5.97 Å². The zero-order valence-electron chi connectivity index (χ0n) is 10.9. The molecule has 2 atom stereocenters. The Bertz CT molecular complexity index is 467. The molecule has 1 aromatic heterocycles. The summed E-state index contributed by atoms with van der Waals surface area (Å²) in [6, 6.07) is 0. The van der Waals surface area contributed by atoms with Crippen LogP contribution >= 0.6 is 0 Å². The maximum atomic E-state index is 13.9. The highest BCUT2D eigenvalue weighted by molar-refractivity contribution is 5.70. The van der Waals surface area contributed by atoms with Crippen LogP contribution in [0.1, 0.15) is 31.9 Å². The standard InChI is InChI=1S/C13H18FN3O2/c1-2-10-11(14)12(17-7-16-10)15-6-8-4-3-5-9(8)13(18)19/h7-9H,2-6H2,1H3,(H,18,19)(H,15,16,17). The van der Waals surface area contributed by atoms with E-state index in [-0.39, 0.29) is 17.7 Å². The summed E-state index contributed by atoms with van der Waals surface area (Å²) in [6.07, 6.45) is 4.30. The van der Waals surface area contributed by atoms with E-state index in [1.54, 1.807) is 0 Å². The molecule has 0 bridgehead atoms. The lowest BCUT2D eigenvalue weighted by Gasteiger charge is -2.17. The zero-order valence-corrected chi connectivity index (χ0v) is 10.9. The van der Waals surface area contributed by atoms with Gasteiger partial charge in [-0.05, 0) is 25.2 Å². The zero-order chi connectivity index (χ0) is 13.8. The van der Waals surface area contributed by atoms with Gasteiger partial charge < -0.3 is 10.4 Å². The van der Waals surface area contributed by atoms with E-state index >= 15 is 0 Å². The van der Waals surface area contributed by atoms with E-state index in [9.17, 15) is 9.18 Å². The first-order chi connectivity index (χ1) is 9.13. The quantitative estimate of drug-likeness (QED) is 0.854. The molecule has 0 aliphatic heterocycles. The second-order valence-corrected chi connectivity index (χ2v) is 4.85. The monoisotopic (exact) mass is 267 g/mol. The molecule has 2 rings (SSSR count). The minimum absolute atomic E-state index is 0.0388. The molecule has 6 heteroatoms. The summed E-state index contributed by atoms with van der Waals surface area (Å²) in [7, 11) is 0. The highest BCUT2D eigenvalue weighted by atomic mass is 19.1. The molecule has 19 heavy (non-hydrogen) atoms. The topological polar surface area (TPSA) is 75.1 Å². The number of hydrogen-bond acceptors (Lipinski definition) is 4. The van der Waals surface area contributed by atoms with Crippen LogP contribution in [0.2, 0.25) is 0 Å². The van der Waals surface area contributed by atoms with Gasteiger partial charge in [-0.15, -0.1) is 0 Å². The summed E-state index contributed by atoms with van der Waals surface area (Å²) < 4.78 is 13.9. The van der Waals surface area contributed by atoms with Gasteiger partial charge in [0.1, 0.15) is 6.33 Å². The van der Waals surface area contributed by atoms with Crippen molar-refractivity contribution in [2.24, 2.45) is 11.8 Å². The van der Waals surface area contributed by atoms with Gasteiger partial charge in [-0.1, -0.05) is 13.3 Å². The number of aryl methyl sites for hydroxylation is 1. The molecule has 1 fully saturated rings. The summed E-state index contributed by atoms with van der Waals surface area (Å²) >= 11 is 0. The van der Waals surface area contributed by atoms with Crippen molar-refractivity contribution in [3.63, 3.8) is 0 Å². The van der Waals surface area contributed by atoms with Gasteiger partial charge in [0.05, 0.1) is 11.6 Å². The number of carbonyl (C=O) groups is 1. The molecule has 0 amide bonds. The first kappa shape index (κ1) is 13.7. The van der Waals surface area contributed by atoms with E-state index in [2.05, 4.69) is 15.3 Å². The van der Waals surface area contributed by atoms with E-state index < -0.39 is 11.8 Å². The van der Waals surface area contributed by atoms with Crippen LogP contribution < -0.4 is 5.32 Å². The van der Waals surface area contributed by atoms with Gasteiger partial charge in [-0.2, -0.15) is 0 Å². The van der Waals surface area contributed by atoms with Crippen molar-refractivity contribution in [3.05, 3.63) is 17.8 Å². The SMILES string of the molecule is CCc1ncnc(NCC2CCCC2C(=O)O)c1F. The maximum absolute atomic E-state index is 13.9. The Morgan fingerprint density at radius 1 is 1.53 bits per heavy atom. The summed E-state index contributed by atoms with van der Waals surface area (Å²) in [4.78, 5) is 18.8. The van der Waals surface area contributed by atoms with Crippen LogP contribution in [0.5, 0.6) is 0 Å². The number of hydrogen-bond donors (Lipinski definition) is 2. The number of aliphatic carboxylic acids is 1. The van der Waals surface area contributed by atoms with Crippen LogP contribution in [0.3, 0.4) is 0 Å². The third-order valence-electron chi connectivity index (χ3n) is 3.70. The van der Waals surface area contributed by atoms with Gasteiger partial charge in [0, 0.05) is 6.54 Å². The van der Waals surface area contributed by atoms with Crippen molar-refractivity contribution in [2.45, 2.75) is 32.6 Å². The van der Waals surface area contributed by atoms with Gasteiger partial charge in [0.25, 0.3) is 0 Å². The Morgan fingerprint density at radius 2 is 2.32 bits per heavy atom. The van der Waals surface area contributed by atoms with E-state index in [1.165, 1.54) is 6.33 Å². The van der Waals surface area contributed by atoms with E-state index in [0.717, 1.165) is 12.8 Å². The van der Waals surface area contributed by atoms with Crippen molar-refractivity contribution >= 4 is 11.8 Å². The van der Waals surface area contributed by atoms with Crippen molar-refractivity contribution in [3.8, 4) is 0 Å². The minimum Gasteiger partial charge on any atom is -0.481 e. The number of halogens is 1. The number of anilines is 1. The fourth-order valence-electron chi connectivity index (χ4n) is 2.61. The molecule has 2 unspecified atom stereocenters. The predicted molar refractivity (Wildman–Crippen MR) is 68.3 cm³/mol. The molecule has 1 aliphatic rings. The normalized spacial score (nSPS) is 22.4. The largest absolute Gasteiger partial charge is 0.481 e. The first-order valence-electron chi connectivity index (χ1n) is 6.59. The van der Waals surface area contributed by atoms with Crippen LogP contribution in [-0.2, 0) is 11.2 Å². The summed E-state index contributed by atoms with van der Waals surface area (Å²) in [6.45, 7) is 2.26. The first-order valence-corrected chi connectivity index (χ1v) is 6.59. The number of carboxylic acid groups (broad SMARTS) is 1. The Labute approximate surface area is 111 Å². The Balaban J connectivity index is 2.01. The number of nitrogens with one attached hydrogen (secondary N) is 1. The molecule has 1 saturated carbocycles. The molecule has 5 nitrogen and oxygen atoms in total. The highest BCUT2D eigenvalue weighted by Crippen LogP contribution is 2.32. The van der Waals surface area contributed by atoms with Gasteiger partial charge in [0.15, 0.2) is 11.6 Å². The fraction of sp³-hybridized carbons (Fsp3) is 0.615. The fourth-order valence-corrected chi connectivity index (χ4v) is 2.61. The van der Waals surface area contributed by atoms with Crippen LogP contribution in [-0.4, -0.2) is 27.6 Å². The Kier molecular flexibility index (Phi) is 4.29. The number of aromatic nitrogens is 2. The summed E-state index contributed by atoms with van der Waals surface area (Å²) in [5.41, 5.74) is 0.374. The van der Waals surface area contributed by atoms with E-state index in [0.29, 0.717) is 25.1 Å². The number of nitrogens with zero attached hydrogens (tertiary/aromatic N) is 2. The van der Waals surface area contributed by atoms with Crippen molar-refractivity contribution in [1.82, 2.24) is 9.97 Å². The summed E-state index contributed by atoms with van der Waals surface area (Å²) in [5, 5.41) is 12.0. The minimum atomic E-state index is -0.762. The van der Waals surface area contributed by atoms with Crippen LogP contribution in [0.4, 0.5) is 10.2 Å². The van der Waals surface area contributed by atoms with Gasteiger partial charge in [-0.3, -0.25) is 4.79 Å². The second-order valence-electron chi connectivity index (χ2n) is 4.85. The van der Waals surface area contributed by atoms with Crippen molar-refractivity contribution < 1.29 is 14.3 Å². The van der Waals surface area contributed by atoms with Crippen LogP contribution in [0, 0.1) is 17.7 Å². The van der Waals surface area contributed by atoms with Crippen LogP contribution in [0.15, 0.2) is 6.33 Å². The molecule has 2 N–H and O–H groups in total. The average Bonchev–Trinajstić information content (AvgIpc) is 2.86. The lowest BCUT2D eigenvalue weighted by atomic mass is 9.96. The lowest BCUT2D eigenvalue weighted by molar-refractivity contribution is -0.142. The summed E-state index contributed by atoms with van der Waals surface area (Å²) in [5.74, 6) is -1.32. The van der Waals surface area contributed by atoms with Crippen molar-refractivity contribution in [1.29, 1.82) is 0 Å². The number of rotatable bonds is 5. The molecule has 1 aliphatic carbocycles. The molecule has 0 saturated heterocycles. The predicted octanol–water partition coefficient (Wildman–Crippen LogP) is 2.09. The Hall–Kier alpha value is -1.72. The molecule has 0 aromatic carbocycles. The number of carboxylic acids is 1. The molecule has 1 heterocycles. The van der Waals surface area contributed by atoms with Gasteiger partial charge in [-0.25, -0.2) is 14.4 Å².